The zero-order chi connectivity index (χ0) is 32.9. The highest BCUT2D eigenvalue weighted by Gasteiger charge is 2.30. The van der Waals surface area contributed by atoms with Crippen LogP contribution in [0.2, 0.25) is 5.02 Å². The first-order valence-electron chi connectivity index (χ1n) is 14.5. The molecule has 46 heavy (non-hydrogen) atoms. The Hall–Kier alpha value is -4.45. The van der Waals surface area contributed by atoms with Crippen LogP contribution in [0.3, 0.4) is 0 Å². The molecule has 4 aromatic carbocycles. The van der Waals surface area contributed by atoms with Gasteiger partial charge in [-0.05, 0) is 78.2 Å². The maximum Gasteiger partial charge on any atom is 0.261 e. The summed E-state index contributed by atoms with van der Waals surface area (Å²) >= 11 is 6.09. The van der Waals surface area contributed by atoms with E-state index < -0.39 is 34.4 Å². The SMILES string of the molecule is COCCCNC(=O)[C@H](Cc1ccccc1)N(Cc1ccc(Cl)cc1)C(=O)COc1ccc(S(=O)(=O)Nc2ccc(F)cc2)cc1. The van der Waals surface area contributed by atoms with Crippen molar-refractivity contribution in [1.82, 2.24) is 10.2 Å². The molecular weight excluding hydrogens is 633 g/mol. The van der Waals surface area contributed by atoms with Gasteiger partial charge in [-0.25, -0.2) is 12.8 Å². The number of hydrogen-bond acceptors (Lipinski definition) is 6. The van der Waals surface area contributed by atoms with Gasteiger partial charge in [0.05, 0.1) is 4.90 Å². The minimum absolute atomic E-state index is 0.0482. The Balaban J connectivity index is 1.52. The predicted octanol–water partition coefficient (Wildman–Crippen LogP) is 5.45. The molecule has 0 spiro atoms. The van der Waals surface area contributed by atoms with Gasteiger partial charge in [0.1, 0.15) is 17.6 Å². The summed E-state index contributed by atoms with van der Waals surface area (Å²) in [5.41, 5.74) is 1.85. The number of ether oxygens (including phenoxy) is 2. The Labute approximate surface area is 273 Å². The average Bonchev–Trinajstić information content (AvgIpc) is 3.06. The summed E-state index contributed by atoms with van der Waals surface area (Å²) in [5, 5.41) is 3.47. The van der Waals surface area contributed by atoms with Crippen LogP contribution in [0, 0.1) is 5.82 Å². The first kappa shape index (κ1) is 34.4. The zero-order valence-electron chi connectivity index (χ0n) is 25.2. The molecular formula is C34H35ClFN3O6S. The van der Waals surface area contributed by atoms with Crippen LogP contribution in [0.1, 0.15) is 17.5 Å². The molecule has 0 aliphatic heterocycles. The number of halogens is 2. The van der Waals surface area contributed by atoms with Crippen LogP contribution in [0.25, 0.3) is 0 Å². The van der Waals surface area contributed by atoms with Crippen molar-refractivity contribution in [1.29, 1.82) is 0 Å². The minimum Gasteiger partial charge on any atom is -0.484 e. The van der Waals surface area contributed by atoms with Gasteiger partial charge in [0.15, 0.2) is 6.61 Å². The van der Waals surface area contributed by atoms with Crippen LogP contribution in [0.5, 0.6) is 5.75 Å². The van der Waals surface area contributed by atoms with Gasteiger partial charge in [0.2, 0.25) is 5.91 Å². The van der Waals surface area contributed by atoms with Gasteiger partial charge in [-0.3, -0.25) is 14.3 Å². The molecule has 2 amide bonds. The lowest BCUT2D eigenvalue weighted by atomic mass is 10.0. The van der Waals surface area contributed by atoms with Crippen molar-refractivity contribution in [2.75, 3.05) is 31.6 Å². The van der Waals surface area contributed by atoms with Gasteiger partial charge < -0.3 is 19.7 Å². The molecule has 0 bridgehead atoms. The first-order chi connectivity index (χ1) is 22.1. The number of nitrogens with one attached hydrogen (secondary N) is 2. The second kappa shape index (κ2) is 16.7. The third kappa shape index (κ3) is 10.3. The van der Waals surface area contributed by atoms with Crippen LogP contribution >= 0.6 is 11.6 Å². The standard InChI is InChI=1S/C34H35ClFN3O6S/c1-44-21-5-20-37-34(41)32(22-25-6-3-2-4-7-25)39(23-26-8-10-27(35)11-9-26)33(40)24-45-30-16-18-31(19-17-30)46(42,43)38-29-14-12-28(36)13-15-29/h2-4,6-19,32,38H,5,20-24H2,1H3,(H,37,41)/t32-/m0/s1. The van der Waals surface area contributed by atoms with Crippen molar-refractivity contribution in [3.8, 4) is 5.75 Å². The Bertz CT molecular complexity index is 1670. The summed E-state index contributed by atoms with van der Waals surface area (Å²) in [4.78, 5) is 28.8. The lowest BCUT2D eigenvalue weighted by Crippen LogP contribution is -2.51. The fraction of sp³-hybridized carbons (Fsp3) is 0.235. The number of hydrogen-bond donors (Lipinski definition) is 2. The van der Waals surface area contributed by atoms with Crippen LogP contribution in [0.15, 0.2) is 108 Å². The summed E-state index contributed by atoms with van der Waals surface area (Å²) < 4.78 is 52.0. The molecule has 2 N–H and O–H groups in total. The van der Waals surface area contributed by atoms with Gasteiger partial charge in [-0.1, -0.05) is 54.1 Å². The second-order valence-electron chi connectivity index (χ2n) is 10.4. The van der Waals surface area contributed by atoms with Crippen LogP contribution in [-0.4, -0.2) is 58.0 Å². The predicted molar refractivity (Wildman–Crippen MR) is 175 cm³/mol. The fourth-order valence-corrected chi connectivity index (χ4v) is 5.75. The van der Waals surface area contributed by atoms with Crippen LogP contribution in [-0.2, 0) is 37.3 Å². The van der Waals surface area contributed by atoms with Crippen molar-refractivity contribution in [2.24, 2.45) is 0 Å². The largest absolute Gasteiger partial charge is 0.484 e. The molecule has 4 rings (SSSR count). The highest BCUT2D eigenvalue weighted by atomic mass is 35.5. The van der Waals surface area contributed by atoms with Gasteiger partial charge in [-0.2, -0.15) is 0 Å². The number of carbonyl (C=O) groups excluding carboxylic acids is 2. The van der Waals surface area contributed by atoms with Gasteiger partial charge in [0.25, 0.3) is 15.9 Å². The van der Waals surface area contributed by atoms with E-state index in [1.165, 1.54) is 41.3 Å². The molecule has 0 aromatic heterocycles. The molecule has 0 heterocycles. The zero-order valence-corrected chi connectivity index (χ0v) is 26.8. The topological polar surface area (TPSA) is 114 Å². The molecule has 0 unspecified atom stereocenters. The highest BCUT2D eigenvalue weighted by molar-refractivity contribution is 7.92. The number of benzene rings is 4. The van der Waals surface area contributed by atoms with Crippen molar-refractivity contribution in [3.05, 3.63) is 125 Å². The molecule has 9 nitrogen and oxygen atoms in total. The first-order valence-corrected chi connectivity index (χ1v) is 16.4. The van der Waals surface area contributed by atoms with Crippen molar-refractivity contribution >= 4 is 39.1 Å². The fourth-order valence-electron chi connectivity index (χ4n) is 4.56. The van der Waals surface area contributed by atoms with Crippen molar-refractivity contribution in [2.45, 2.75) is 30.3 Å². The molecule has 0 saturated heterocycles. The maximum absolute atomic E-state index is 13.8. The van der Waals surface area contributed by atoms with Gasteiger partial charge in [0, 0.05) is 43.9 Å². The Morgan fingerprint density at radius 3 is 2.22 bits per heavy atom. The number of carbonyl (C=O) groups is 2. The molecule has 1 atom stereocenters. The third-order valence-corrected chi connectivity index (χ3v) is 8.60. The van der Waals surface area contributed by atoms with Gasteiger partial charge >= 0.3 is 0 Å². The lowest BCUT2D eigenvalue weighted by molar-refractivity contribution is -0.142. The summed E-state index contributed by atoms with van der Waals surface area (Å²) in [5.74, 6) is -0.993. The Morgan fingerprint density at radius 2 is 1.57 bits per heavy atom. The highest BCUT2D eigenvalue weighted by Crippen LogP contribution is 2.21. The average molecular weight is 668 g/mol. The van der Waals surface area contributed by atoms with E-state index in [-0.39, 0.29) is 35.2 Å². The summed E-state index contributed by atoms with van der Waals surface area (Å²) in [6.45, 7) is 0.570. The van der Waals surface area contributed by atoms with Gasteiger partial charge in [-0.15, -0.1) is 0 Å². The number of amides is 2. The molecule has 0 saturated carbocycles. The minimum atomic E-state index is -3.95. The third-order valence-electron chi connectivity index (χ3n) is 6.95. The van der Waals surface area contributed by atoms with E-state index >= 15 is 0 Å². The van der Waals surface area contributed by atoms with E-state index in [2.05, 4.69) is 10.0 Å². The molecule has 242 valence electrons. The molecule has 4 aromatic rings. The van der Waals surface area contributed by atoms with E-state index in [9.17, 15) is 22.4 Å². The number of anilines is 1. The molecule has 0 aliphatic carbocycles. The quantitative estimate of drug-likeness (QED) is 0.154. The number of rotatable bonds is 16. The molecule has 0 aliphatic rings. The van der Waals surface area contributed by atoms with E-state index in [4.69, 9.17) is 21.1 Å². The summed E-state index contributed by atoms with van der Waals surface area (Å²) in [7, 11) is -2.37. The summed E-state index contributed by atoms with van der Waals surface area (Å²) in [6.07, 6.45) is 0.879. The monoisotopic (exact) mass is 667 g/mol. The van der Waals surface area contributed by atoms with E-state index in [0.29, 0.717) is 24.6 Å². The number of sulfonamides is 1. The van der Waals surface area contributed by atoms with E-state index in [1.54, 1.807) is 31.4 Å². The van der Waals surface area contributed by atoms with E-state index in [1.807, 2.05) is 30.3 Å². The molecule has 0 radical (unpaired) electrons. The maximum atomic E-state index is 13.8. The van der Waals surface area contributed by atoms with Crippen LogP contribution in [0.4, 0.5) is 10.1 Å². The van der Waals surface area contributed by atoms with Crippen molar-refractivity contribution < 1.29 is 31.9 Å². The van der Waals surface area contributed by atoms with Crippen molar-refractivity contribution in [3.63, 3.8) is 0 Å². The number of methoxy groups -OCH3 is 1. The van der Waals surface area contributed by atoms with Crippen LogP contribution < -0.4 is 14.8 Å². The Kier molecular flexibility index (Phi) is 12.5. The lowest BCUT2D eigenvalue weighted by Gasteiger charge is -2.31. The molecule has 0 fully saturated rings. The molecule has 12 heteroatoms. The number of nitrogens with zero attached hydrogens (tertiary/aromatic N) is 1. The second-order valence-corrected chi connectivity index (χ2v) is 12.5. The smallest absolute Gasteiger partial charge is 0.261 e. The summed E-state index contributed by atoms with van der Waals surface area (Å²) in [6, 6.07) is 26.0. The normalized spacial score (nSPS) is 11.8. The Morgan fingerprint density at radius 1 is 0.891 bits per heavy atom. The van der Waals surface area contributed by atoms with E-state index in [0.717, 1.165) is 23.3 Å².